The molecule has 0 aliphatic carbocycles. The number of H-pyrrole nitrogens is 1. The average Bonchev–Trinajstić information content (AvgIpc) is 3.34. The normalized spacial score (nSPS) is 17.7. The molecule has 1 atom stereocenters. The first-order valence-corrected chi connectivity index (χ1v) is 9.27. The minimum absolute atomic E-state index is 0.172. The highest BCUT2D eigenvalue weighted by molar-refractivity contribution is 5.96. The van der Waals surface area contributed by atoms with Crippen LogP contribution in [-0.2, 0) is 4.79 Å². The number of nitrogens with zero attached hydrogens (tertiary/aromatic N) is 2. The van der Waals surface area contributed by atoms with Gasteiger partial charge >= 0.3 is 0 Å². The second-order valence-corrected chi connectivity index (χ2v) is 7.10. The van der Waals surface area contributed by atoms with Gasteiger partial charge in [0.1, 0.15) is 17.9 Å². The van der Waals surface area contributed by atoms with Crippen LogP contribution in [0.1, 0.15) is 6.92 Å². The molecule has 0 spiro atoms. The zero-order valence-corrected chi connectivity index (χ0v) is 15.2. The van der Waals surface area contributed by atoms with Crippen LogP contribution in [0.25, 0.3) is 21.9 Å². The number of fused-ring (bicyclic) bond motifs is 2. The first-order valence-electron chi connectivity index (χ1n) is 9.27. The second kappa shape index (κ2) is 6.20. The van der Waals surface area contributed by atoms with Crippen molar-refractivity contribution in [2.24, 2.45) is 0 Å². The molecule has 0 amide bonds. The third kappa shape index (κ3) is 2.58. The summed E-state index contributed by atoms with van der Waals surface area (Å²) in [6.07, 6.45) is 3.74. The van der Waals surface area contributed by atoms with Crippen LogP contribution in [-0.4, -0.2) is 36.4 Å². The van der Waals surface area contributed by atoms with E-state index in [1.807, 2.05) is 24.4 Å². The number of piperazine rings is 1. The highest BCUT2D eigenvalue weighted by Gasteiger charge is 2.32. The minimum atomic E-state index is -0.200. The summed E-state index contributed by atoms with van der Waals surface area (Å²) in [4.78, 5) is 20.3. The van der Waals surface area contributed by atoms with Gasteiger partial charge in [0.05, 0.1) is 5.69 Å². The van der Waals surface area contributed by atoms with Gasteiger partial charge in [-0.15, -0.1) is 0 Å². The number of benzene rings is 2. The molecule has 5 rings (SSSR count). The molecule has 1 aliphatic heterocycles. The van der Waals surface area contributed by atoms with Gasteiger partial charge in [0.15, 0.2) is 5.78 Å². The highest BCUT2D eigenvalue weighted by Crippen LogP contribution is 2.34. The summed E-state index contributed by atoms with van der Waals surface area (Å²) in [6.45, 7) is 3.97. The SMILES string of the molecule is CC(=O)C1CN(c2cccc3[nH]ccc23)CCN1c1coc2ccccc12. The smallest absolute Gasteiger partial charge is 0.153 e. The molecule has 2 aromatic heterocycles. The molecule has 1 fully saturated rings. The summed E-state index contributed by atoms with van der Waals surface area (Å²) in [5.41, 5.74) is 4.16. The number of furan rings is 1. The van der Waals surface area contributed by atoms with Gasteiger partial charge in [0, 0.05) is 47.8 Å². The number of aromatic amines is 1. The van der Waals surface area contributed by atoms with E-state index in [9.17, 15) is 4.79 Å². The zero-order chi connectivity index (χ0) is 18.4. The summed E-state index contributed by atoms with van der Waals surface area (Å²) in [5, 5.41) is 2.26. The molecule has 0 saturated carbocycles. The lowest BCUT2D eigenvalue weighted by atomic mass is 10.0. The number of hydrogen-bond donors (Lipinski definition) is 1. The van der Waals surface area contributed by atoms with E-state index in [1.54, 1.807) is 13.2 Å². The summed E-state index contributed by atoms with van der Waals surface area (Å²) in [5.74, 6) is 0.172. The van der Waals surface area contributed by atoms with E-state index in [1.165, 1.54) is 11.1 Å². The van der Waals surface area contributed by atoms with Crippen LogP contribution in [0.2, 0.25) is 0 Å². The number of carbonyl (C=O) groups excluding carboxylic acids is 1. The fourth-order valence-corrected chi connectivity index (χ4v) is 4.17. The van der Waals surface area contributed by atoms with E-state index in [4.69, 9.17) is 4.42 Å². The molecule has 1 N–H and O–H groups in total. The maximum atomic E-state index is 12.5. The van der Waals surface area contributed by atoms with E-state index in [0.717, 1.165) is 35.3 Å². The molecule has 5 nitrogen and oxygen atoms in total. The Morgan fingerprint density at radius 1 is 1.04 bits per heavy atom. The van der Waals surface area contributed by atoms with Gasteiger partial charge in [-0.1, -0.05) is 18.2 Å². The molecular formula is C22H21N3O2. The third-order valence-corrected chi connectivity index (χ3v) is 5.53. The summed E-state index contributed by atoms with van der Waals surface area (Å²) in [7, 11) is 0. The van der Waals surface area contributed by atoms with Gasteiger partial charge in [-0.3, -0.25) is 4.79 Å². The Balaban J connectivity index is 1.51. The molecule has 1 aliphatic rings. The molecule has 136 valence electrons. The number of ketones is 1. The van der Waals surface area contributed by atoms with Crippen molar-refractivity contribution >= 4 is 39.0 Å². The fourth-order valence-electron chi connectivity index (χ4n) is 4.17. The molecule has 2 aromatic carbocycles. The molecular weight excluding hydrogens is 338 g/mol. The second-order valence-electron chi connectivity index (χ2n) is 7.10. The molecule has 5 heteroatoms. The van der Waals surface area contributed by atoms with Crippen LogP contribution >= 0.6 is 0 Å². The first kappa shape index (κ1) is 16.0. The van der Waals surface area contributed by atoms with Gasteiger partial charge < -0.3 is 19.2 Å². The van der Waals surface area contributed by atoms with Crippen molar-refractivity contribution in [3.8, 4) is 0 Å². The van der Waals surface area contributed by atoms with Crippen molar-refractivity contribution in [1.82, 2.24) is 4.98 Å². The van der Waals surface area contributed by atoms with Crippen LogP contribution in [0.5, 0.6) is 0 Å². The predicted molar refractivity (Wildman–Crippen MR) is 109 cm³/mol. The van der Waals surface area contributed by atoms with E-state index in [0.29, 0.717) is 6.54 Å². The number of rotatable bonds is 3. The number of hydrogen-bond acceptors (Lipinski definition) is 4. The van der Waals surface area contributed by atoms with Gasteiger partial charge in [0.2, 0.25) is 0 Å². The molecule has 27 heavy (non-hydrogen) atoms. The molecule has 0 bridgehead atoms. The van der Waals surface area contributed by atoms with Gasteiger partial charge in [-0.2, -0.15) is 0 Å². The van der Waals surface area contributed by atoms with Crippen LogP contribution in [0.3, 0.4) is 0 Å². The molecule has 0 radical (unpaired) electrons. The summed E-state index contributed by atoms with van der Waals surface area (Å²) < 4.78 is 5.72. The number of para-hydroxylation sites is 1. The summed E-state index contributed by atoms with van der Waals surface area (Å²) in [6, 6.07) is 16.2. The third-order valence-electron chi connectivity index (χ3n) is 5.53. The number of anilines is 2. The number of nitrogens with one attached hydrogen (secondary N) is 1. The van der Waals surface area contributed by atoms with E-state index in [2.05, 4.69) is 45.1 Å². The van der Waals surface area contributed by atoms with E-state index >= 15 is 0 Å². The van der Waals surface area contributed by atoms with Crippen molar-refractivity contribution in [3.63, 3.8) is 0 Å². The van der Waals surface area contributed by atoms with E-state index in [-0.39, 0.29) is 11.8 Å². The van der Waals surface area contributed by atoms with Crippen molar-refractivity contribution in [2.45, 2.75) is 13.0 Å². The van der Waals surface area contributed by atoms with Crippen LogP contribution in [0, 0.1) is 0 Å². The topological polar surface area (TPSA) is 52.5 Å². The molecule has 4 aromatic rings. The Kier molecular flexibility index (Phi) is 3.67. The standard InChI is InChI=1S/C22H21N3O2/c1-15(26)20-13-24(19-7-4-6-18-16(19)9-10-23-18)11-12-25(20)21-14-27-22-8-3-2-5-17(21)22/h2-10,14,20,23H,11-13H2,1H3. The van der Waals surface area contributed by atoms with Crippen molar-refractivity contribution in [3.05, 3.63) is 61.0 Å². The Labute approximate surface area is 157 Å². The van der Waals surface area contributed by atoms with Crippen molar-refractivity contribution in [1.29, 1.82) is 0 Å². The van der Waals surface area contributed by atoms with Gasteiger partial charge in [-0.05, 0) is 37.3 Å². The highest BCUT2D eigenvalue weighted by atomic mass is 16.3. The Morgan fingerprint density at radius 2 is 1.93 bits per heavy atom. The minimum Gasteiger partial charge on any atom is -0.462 e. The number of aromatic nitrogens is 1. The van der Waals surface area contributed by atoms with Crippen LogP contribution in [0.15, 0.2) is 65.4 Å². The van der Waals surface area contributed by atoms with Crippen LogP contribution < -0.4 is 9.80 Å². The van der Waals surface area contributed by atoms with Crippen molar-refractivity contribution < 1.29 is 9.21 Å². The Hall–Kier alpha value is -3.21. The van der Waals surface area contributed by atoms with Gasteiger partial charge in [-0.25, -0.2) is 0 Å². The fraction of sp³-hybridized carbons (Fsp3) is 0.227. The lowest BCUT2D eigenvalue weighted by Gasteiger charge is -2.42. The van der Waals surface area contributed by atoms with E-state index < -0.39 is 0 Å². The first-order chi connectivity index (χ1) is 13.2. The Morgan fingerprint density at radius 3 is 2.81 bits per heavy atom. The number of carbonyl (C=O) groups is 1. The summed E-state index contributed by atoms with van der Waals surface area (Å²) >= 11 is 0. The monoisotopic (exact) mass is 359 g/mol. The average molecular weight is 359 g/mol. The molecule has 1 saturated heterocycles. The van der Waals surface area contributed by atoms with Crippen LogP contribution in [0.4, 0.5) is 11.4 Å². The maximum Gasteiger partial charge on any atom is 0.153 e. The molecule has 3 heterocycles. The van der Waals surface area contributed by atoms with Crippen molar-refractivity contribution in [2.75, 3.05) is 29.4 Å². The molecule has 1 unspecified atom stereocenters. The maximum absolute atomic E-state index is 12.5. The lowest BCUT2D eigenvalue weighted by Crippen LogP contribution is -2.56. The zero-order valence-electron chi connectivity index (χ0n) is 15.2. The lowest BCUT2D eigenvalue weighted by molar-refractivity contribution is -0.118. The Bertz CT molecular complexity index is 1130. The quantitative estimate of drug-likeness (QED) is 0.596. The van der Waals surface area contributed by atoms with Gasteiger partial charge in [0.25, 0.3) is 0 Å². The predicted octanol–water partition coefficient (Wildman–Crippen LogP) is 4.20. The number of Topliss-reactive ketones (excluding diaryl/α,β-unsaturated/α-hetero) is 1. The largest absolute Gasteiger partial charge is 0.462 e.